The summed E-state index contributed by atoms with van der Waals surface area (Å²) >= 11 is 0. The van der Waals surface area contributed by atoms with E-state index in [-0.39, 0.29) is 34.6 Å². The lowest BCUT2D eigenvalue weighted by Gasteiger charge is -2.34. The van der Waals surface area contributed by atoms with E-state index in [2.05, 4.69) is 10.3 Å². The number of hydrogen-bond acceptors (Lipinski definition) is 4. The third kappa shape index (κ3) is 4.75. The van der Waals surface area contributed by atoms with E-state index >= 15 is 0 Å². The molecular weight excluding hydrogens is 394 g/mol. The van der Waals surface area contributed by atoms with E-state index in [1.165, 1.54) is 12.5 Å². The molecule has 0 aromatic carbocycles. The lowest BCUT2D eigenvalue weighted by Crippen LogP contribution is -2.48. The molecule has 2 N–H and O–H groups in total. The first-order valence-corrected chi connectivity index (χ1v) is 11.6. The molecule has 1 atom stereocenters. The van der Waals surface area contributed by atoms with Gasteiger partial charge in [0.1, 0.15) is 5.56 Å². The highest BCUT2D eigenvalue weighted by atomic mass is 16.2. The van der Waals surface area contributed by atoms with Crippen LogP contribution >= 0.6 is 0 Å². The van der Waals surface area contributed by atoms with Gasteiger partial charge in [-0.3, -0.25) is 19.2 Å². The Morgan fingerprint density at radius 1 is 1.06 bits per heavy atom. The molecule has 2 aliphatic carbocycles. The van der Waals surface area contributed by atoms with Gasteiger partial charge in [0.15, 0.2) is 5.78 Å². The normalized spacial score (nSPS) is 23.9. The SMILES string of the molecule is CC1(C)CC(=O)c2cc(C(=O)N3CCCC(C(=O)NC4CCCCC4)C3)c(=O)[nH]c2C1. The zero-order chi connectivity index (χ0) is 22.2. The van der Waals surface area contributed by atoms with E-state index in [9.17, 15) is 19.2 Å². The van der Waals surface area contributed by atoms with Crippen molar-refractivity contribution in [3.05, 3.63) is 33.2 Å². The first-order valence-electron chi connectivity index (χ1n) is 11.6. The van der Waals surface area contributed by atoms with E-state index in [4.69, 9.17) is 0 Å². The molecular formula is C24H33N3O4. The number of likely N-dealkylation sites (tertiary alicyclic amines) is 1. The molecule has 1 unspecified atom stereocenters. The van der Waals surface area contributed by atoms with Crippen molar-refractivity contribution >= 4 is 17.6 Å². The minimum absolute atomic E-state index is 0.000134. The predicted octanol–water partition coefficient (Wildman–Crippen LogP) is 2.83. The summed E-state index contributed by atoms with van der Waals surface area (Å²) < 4.78 is 0. The molecule has 1 aromatic rings. The third-order valence-electron chi connectivity index (χ3n) is 6.98. The molecule has 0 radical (unpaired) electrons. The van der Waals surface area contributed by atoms with Crippen molar-refractivity contribution in [2.75, 3.05) is 13.1 Å². The van der Waals surface area contributed by atoms with Crippen molar-refractivity contribution in [1.82, 2.24) is 15.2 Å². The number of amides is 2. The second-order valence-corrected chi connectivity index (χ2v) is 10.3. The second kappa shape index (κ2) is 8.60. The molecule has 3 aliphatic rings. The van der Waals surface area contributed by atoms with E-state index in [1.807, 2.05) is 13.8 Å². The Morgan fingerprint density at radius 2 is 1.81 bits per heavy atom. The van der Waals surface area contributed by atoms with Gasteiger partial charge < -0.3 is 15.2 Å². The molecule has 1 aliphatic heterocycles. The van der Waals surface area contributed by atoms with Crippen LogP contribution in [0.5, 0.6) is 0 Å². The second-order valence-electron chi connectivity index (χ2n) is 10.3. The van der Waals surface area contributed by atoms with Crippen LogP contribution < -0.4 is 10.9 Å². The van der Waals surface area contributed by atoms with Crippen LogP contribution in [-0.4, -0.2) is 46.6 Å². The maximum atomic E-state index is 13.2. The fourth-order valence-electron chi connectivity index (χ4n) is 5.30. The summed E-state index contributed by atoms with van der Waals surface area (Å²) in [5.74, 6) is -0.670. The molecule has 0 spiro atoms. The van der Waals surface area contributed by atoms with Crippen molar-refractivity contribution < 1.29 is 14.4 Å². The minimum Gasteiger partial charge on any atom is -0.353 e. The summed E-state index contributed by atoms with van der Waals surface area (Å²) in [4.78, 5) is 55.6. The zero-order valence-electron chi connectivity index (χ0n) is 18.6. The van der Waals surface area contributed by atoms with E-state index in [0.29, 0.717) is 37.2 Å². The zero-order valence-corrected chi connectivity index (χ0v) is 18.6. The first kappa shape index (κ1) is 21.8. The molecule has 31 heavy (non-hydrogen) atoms. The van der Waals surface area contributed by atoms with Gasteiger partial charge in [0, 0.05) is 36.8 Å². The highest BCUT2D eigenvalue weighted by molar-refractivity contribution is 6.02. The quantitative estimate of drug-likeness (QED) is 0.775. The van der Waals surface area contributed by atoms with Crippen LogP contribution in [-0.2, 0) is 11.2 Å². The molecule has 7 nitrogen and oxygen atoms in total. The Balaban J connectivity index is 1.48. The van der Waals surface area contributed by atoms with E-state index in [1.54, 1.807) is 4.90 Å². The van der Waals surface area contributed by atoms with Gasteiger partial charge in [-0.1, -0.05) is 33.1 Å². The number of rotatable bonds is 3. The molecule has 168 valence electrons. The van der Waals surface area contributed by atoms with Crippen molar-refractivity contribution in [3.8, 4) is 0 Å². The van der Waals surface area contributed by atoms with Crippen molar-refractivity contribution in [2.45, 2.75) is 77.7 Å². The molecule has 0 bridgehead atoms. The van der Waals surface area contributed by atoms with E-state index < -0.39 is 11.5 Å². The number of hydrogen-bond donors (Lipinski definition) is 2. The summed E-state index contributed by atoms with van der Waals surface area (Å²) in [5.41, 5.74) is 0.407. The lowest BCUT2D eigenvalue weighted by atomic mass is 9.75. The van der Waals surface area contributed by atoms with Gasteiger partial charge in [-0.25, -0.2) is 0 Å². The summed E-state index contributed by atoms with van der Waals surface area (Å²) in [6, 6.07) is 1.71. The van der Waals surface area contributed by atoms with Crippen LogP contribution in [0.25, 0.3) is 0 Å². The highest BCUT2D eigenvalue weighted by Gasteiger charge is 2.35. The number of piperidine rings is 1. The fourth-order valence-corrected chi connectivity index (χ4v) is 5.30. The Bertz CT molecular complexity index is 943. The van der Waals surface area contributed by atoms with Gasteiger partial charge >= 0.3 is 0 Å². The van der Waals surface area contributed by atoms with Crippen LogP contribution in [0.3, 0.4) is 0 Å². The van der Waals surface area contributed by atoms with Gasteiger partial charge in [-0.15, -0.1) is 0 Å². The Labute approximate surface area is 183 Å². The molecule has 1 saturated carbocycles. The van der Waals surface area contributed by atoms with Gasteiger partial charge in [0.25, 0.3) is 11.5 Å². The van der Waals surface area contributed by atoms with Gasteiger partial charge in [0.2, 0.25) is 5.91 Å². The number of H-pyrrole nitrogens is 1. The summed E-state index contributed by atoms with van der Waals surface area (Å²) in [6.45, 7) is 4.83. The summed E-state index contributed by atoms with van der Waals surface area (Å²) in [6.07, 6.45) is 8.05. The molecule has 7 heteroatoms. The number of nitrogens with one attached hydrogen (secondary N) is 2. The summed E-state index contributed by atoms with van der Waals surface area (Å²) in [5, 5.41) is 3.16. The molecule has 4 rings (SSSR count). The van der Waals surface area contributed by atoms with Crippen LogP contribution in [0.2, 0.25) is 0 Å². The van der Waals surface area contributed by atoms with Gasteiger partial charge in [-0.05, 0) is 43.6 Å². The molecule has 1 saturated heterocycles. The number of carbonyl (C=O) groups is 3. The van der Waals surface area contributed by atoms with E-state index in [0.717, 1.165) is 38.5 Å². The number of aromatic amines is 1. The lowest BCUT2D eigenvalue weighted by molar-refractivity contribution is -0.127. The van der Waals surface area contributed by atoms with Crippen LogP contribution in [0, 0.1) is 11.3 Å². The van der Waals surface area contributed by atoms with Gasteiger partial charge in [-0.2, -0.15) is 0 Å². The average Bonchev–Trinajstić information content (AvgIpc) is 2.73. The number of aromatic nitrogens is 1. The molecule has 2 amide bonds. The van der Waals surface area contributed by atoms with Crippen LogP contribution in [0.4, 0.5) is 0 Å². The van der Waals surface area contributed by atoms with Gasteiger partial charge in [0.05, 0.1) is 5.92 Å². The predicted molar refractivity (Wildman–Crippen MR) is 117 cm³/mol. The fraction of sp³-hybridized carbons (Fsp3) is 0.667. The number of ketones is 1. The maximum Gasteiger partial charge on any atom is 0.261 e. The molecule has 2 fully saturated rings. The largest absolute Gasteiger partial charge is 0.353 e. The Kier molecular flexibility index (Phi) is 6.04. The molecule has 1 aromatic heterocycles. The standard InChI is InChI=1S/C24H33N3O4/c1-24(2)12-19-17(20(28)13-24)11-18(22(30)26-19)23(31)27-10-6-7-15(14-27)21(29)25-16-8-4-3-5-9-16/h11,15-16H,3-10,12-14H2,1-2H3,(H,25,29)(H,26,30). The average molecular weight is 428 g/mol. The van der Waals surface area contributed by atoms with Crippen molar-refractivity contribution in [1.29, 1.82) is 0 Å². The smallest absolute Gasteiger partial charge is 0.261 e. The Morgan fingerprint density at radius 3 is 2.55 bits per heavy atom. The van der Waals surface area contributed by atoms with Crippen LogP contribution in [0.15, 0.2) is 10.9 Å². The first-order chi connectivity index (χ1) is 14.7. The van der Waals surface area contributed by atoms with Crippen LogP contribution in [0.1, 0.15) is 91.6 Å². The topological polar surface area (TPSA) is 99.3 Å². The maximum absolute atomic E-state index is 13.2. The summed E-state index contributed by atoms with van der Waals surface area (Å²) in [7, 11) is 0. The minimum atomic E-state index is -0.456. The number of Topliss-reactive ketones (excluding diaryl/α,β-unsaturated/α-hetero) is 1. The number of fused-ring (bicyclic) bond motifs is 1. The number of carbonyl (C=O) groups excluding carboxylic acids is 3. The number of pyridine rings is 1. The highest BCUT2D eigenvalue weighted by Crippen LogP contribution is 2.33. The monoisotopic (exact) mass is 427 g/mol. The third-order valence-corrected chi connectivity index (χ3v) is 6.98. The van der Waals surface area contributed by atoms with Crippen molar-refractivity contribution in [2.24, 2.45) is 11.3 Å². The molecule has 2 heterocycles. The van der Waals surface area contributed by atoms with Crippen molar-refractivity contribution in [3.63, 3.8) is 0 Å². The Hall–Kier alpha value is -2.44. The number of nitrogens with zero attached hydrogens (tertiary/aromatic N) is 1.